The van der Waals surface area contributed by atoms with Crippen LogP contribution in [0.5, 0.6) is 0 Å². The molecule has 1 fully saturated rings. The SMILES string of the molecule is CCn1nc(CC(C)C)cc1C(=O)N1CCCC1CCO. The van der Waals surface area contributed by atoms with Crippen molar-refractivity contribution in [1.82, 2.24) is 14.7 Å². The first-order valence-corrected chi connectivity index (χ1v) is 8.05. The second kappa shape index (κ2) is 7.07. The number of carbonyl (C=O) groups excluding carboxylic acids is 1. The number of hydrogen-bond acceptors (Lipinski definition) is 3. The molecule has 1 atom stereocenters. The maximum atomic E-state index is 12.8. The first-order chi connectivity index (χ1) is 10.1. The Morgan fingerprint density at radius 1 is 1.52 bits per heavy atom. The van der Waals surface area contributed by atoms with Crippen molar-refractivity contribution < 1.29 is 9.90 Å². The summed E-state index contributed by atoms with van der Waals surface area (Å²) in [5, 5.41) is 13.7. The maximum Gasteiger partial charge on any atom is 0.272 e. The zero-order valence-corrected chi connectivity index (χ0v) is 13.4. The molecule has 0 saturated carbocycles. The van der Waals surface area contributed by atoms with Crippen molar-refractivity contribution in [2.45, 2.75) is 59.0 Å². The average molecular weight is 293 g/mol. The van der Waals surface area contributed by atoms with Gasteiger partial charge in [-0.3, -0.25) is 9.48 Å². The topological polar surface area (TPSA) is 58.4 Å². The number of carbonyl (C=O) groups is 1. The summed E-state index contributed by atoms with van der Waals surface area (Å²) in [7, 11) is 0. The van der Waals surface area contributed by atoms with E-state index in [2.05, 4.69) is 18.9 Å². The van der Waals surface area contributed by atoms with E-state index in [0.29, 0.717) is 24.6 Å². The van der Waals surface area contributed by atoms with E-state index in [1.54, 1.807) is 0 Å². The van der Waals surface area contributed by atoms with Gasteiger partial charge >= 0.3 is 0 Å². The van der Waals surface area contributed by atoms with Crippen LogP contribution < -0.4 is 0 Å². The third-order valence-electron chi connectivity index (χ3n) is 4.07. The van der Waals surface area contributed by atoms with Crippen molar-refractivity contribution in [1.29, 1.82) is 0 Å². The molecule has 5 nitrogen and oxygen atoms in total. The Morgan fingerprint density at radius 2 is 2.29 bits per heavy atom. The third-order valence-corrected chi connectivity index (χ3v) is 4.07. The van der Waals surface area contributed by atoms with Gasteiger partial charge in [0.1, 0.15) is 5.69 Å². The zero-order valence-electron chi connectivity index (χ0n) is 13.4. The average Bonchev–Trinajstić information content (AvgIpc) is 3.04. The Hall–Kier alpha value is -1.36. The molecule has 1 aliphatic rings. The summed E-state index contributed by atoms with van der Waals surface area (Å²) in [6.45, 7) is 7.96. The van der Waals surface area contributed by atoms with E-state index in [1.807, 2.05) is 22.6 Å². The quantitative estimate of drug-likeness (QED) is 0.873. The summed E-state index contributed by atoms with van der Waals surface area (Å²) in [5.74, 6) is 0.595. The van der Waals surface area contributed by atoms with Gasteiger partial charge in [-0.25, -0.2) is 0 Å². The maximum absolute atomic E-state index is 12.8. The summed E-state index contributed by atoms with van der Waals surface area (Å²) in [4.78, 5) is 14.7. The monoisotopic (exact) mass is 293 g/mol. The molecule has 1 saturated heterocycles. The van der Waals surface area contributed by atoms with E-state index in [9.17, 15) is 4.79 Å². The molecule has 1 aromatic heterocycles. The van der Waals surface area contributed by atoms with Gasteiger partial charge in [-0.2, -0.15) is 5.10 Å². The van der Waals surface area contributed by atoms with Crippen LogP contribution in [0.1, 0.15) is 56.2 Å². The molecule has 0 aliphatic carbocycles. The van der Waals surface area contributed by atoms with E-state index in [0.717, 1.165) is 31.5 Å². The minimum absolute atomic E-state index is 0.0651. The van der Waals surface area contributed by atoms with Crippen molar-refractivity contribution in [3.63, 3.8) is 0 Å². The van der Waals surface area contributed by atoms with Crippen molar-refractivity contribution in [2.75, 3.05) is 13.2 Å². The fraction of sp³-hybridized carbons (Fsp3) is 0.750. The minimum Gasteiger partial charge on any atom is -0.396 e. The highest BCUT2D eigenvalue weighted by molar-refractivity contribution is 5.93. The highest BCUT2D eigenvalue weighted by Crippen LogP contribution is 2.23. The second-order valence-corrected chi connectivity index (χ2v) is 6.24. The van der Waals surface area contributed by atoms with Crippen LogP contribution in [-0.4, -0.2) is 44.9 Å². The standard InChI is InChI=1S/C16H27N3O2/c1-4-19-15(11-13(17-19)10-12(2)3)16(21)18-8-5-6-14(18)7-9-20/h11-12,14,20H,4-10H2,1-3H3. The molecule has 0 bridgehead atoms. The Bertz CT molecular complexity index is 482. The number of hydrogen-bond donors (Lipinski definition) is 1. The number of aliphatic hydroxyl groups excluding tert-OH is 1. The lowest BCUT2D eigenvalue weighted by molar-refractivity contribution is 0.0704. The van der Waals surface area contributed by atoms with Gasteiger partial charge < -0.3 is 10.0 Å². The van der Waals surface area contributed by atoms with Crippen LogP contribution in [0.15, 0.2) is 6.07 Å². The number of nitrogens with zero attached hydrogens (tertiary/aromatic N) is 3. The molecule has 0 aromatic carbocycles. The summed E-state index contributed by atoms with van der Waals surface area (Å²) in [5.41, 5.74) is 1.69. The van der Waals surface area contributed by atoms with E-state index in [4.69, 9.17) is 5.11 Å². The van der Waals surface area contributed by atoms with Gasteiger partial charge in [0.05, 0.1) is 5.69 Å². The number of aliphatic hydroxyl groups is 1. The Labute approximate surface area is 126 Å². The Kier molecular flexibility index (Phi) is 5.39. The summed E-state index contributed by atoms with van der Waals surface area (Å²) >= 11 is 0. The van der Waals surface area contributed by atoms with Crippen LogP contribution >= 0.6 is 0 Å². The second-order valence-electron chi connectivity index (χ2n) is 6.24. The molecule has 1 aromatic rings. The van der Waals surface area contributed by atoms with Gasteiger partial charge in [0.2, 0.25) is 0 Å². The van der Waals surface area contributed by atoms with E-state index >= 15 is 0 Å². The van der Waals surface area contributed by atoms with Crippen LogP contribution in [0.25, 0.3) is 0 Å². The molecule has 1 aliphatic heterocycles. The fourth-order valence-electron chi connectivity index (χ4n) is 3.10. The molecular weight excluding hydrogens is 266 g/mol. The van der Waals surface area contributed by atoms with Crippen LogP contribution in [0.4, 0.5) is 0 Å². The van der Waals surface area contributed by atoms with Gasteiger partial charge in [-0.1, -0.05) is 13.8 Å². The van der Waals surface area contributed by atoms with Gasteiger partial charge in [0.25, 0.3) is 5.91 Å². The van der Waals surface area contributed by atoms with E-state index in [-0.39, 0.29) is 18.6 Å². The predicted octanol–water partition coefficient (Wildman–Crippen LogP) is 2.09. The number of amides is 1. The summed E-state index contributed by atoms with van der Waals surface area (Å²) in [6, 6.07) is 2.12. The Balaban J connectivity index is 2.19. The molecular formula is C16H27N3O2. The van der Waals surface area contributed by atoms with Crippen molar-refractivity contribution in [3.8, 4) is 0 Å². The van der Waals surface area contributed by atoms with E-state index in [1.165, 1.54) is 0 Å². The number of likely N-dealkylation sites (tertiary alicyclic amines) is 1. The molecule has 2 rings (SSSR count). The summed E-state index contributed by atoms with van der Waals surface area (Å²) < 4.78 is 1.81. The van der Waals surface area contributed by atoms with Gasteiger partial charge in [0, 0.05) is 25.7 Å². The van der Waals surface area contributed by atoms with Crippen molar-refractivity contribution >= 4 is 5.91 Å². The predicted molar refractivity (Wildman–Crippen MR) is 82.2 cm³/mol. The van der Waals surface area contributed by atoms with Gasteiger partial charge in [-0.15, -0.1) is 0 Å². The molecule has 5 heteroatoms. The normalized spacial score (nSPS) is 18.7. The number of rotatable bonds is 6. The molecule has 2 heterocycles. The molecule has 0 radical (unpaired) electrons. The molecule has 0 spiro atoms. The lowest BCUT2D eigenvalue weighted by Crippen LogP contribution is -2.37. The lowest BCUT2D eigenvalue weighted by Gasteiger charge is -2.24. The van der Waals surface area contributed by atoms with Crippen molar-refractivity contribution in [3.05, 3.63) is 17.5 Å². The number of aryl methyl sites for hydroxylation is 1. The zero-order chi connectivity index (χ0) is 15.4. The highest BCUT2D eigenvalue weighted by Gasteiger charge is 2.30. The van der Waals surface area contributed by atoms with Crippen LogP contribution in [-0.2, 0) is 13.0 Å². The number of aromatic nitrogens is 2. The first kappa shape index (κ1) is 16.0. The molecule has 1 amide bonds. The smallest absolute Gasteiger partial charge is 0.272 e. The highest BCUT2D eigenvalue weighted by atomic mass is 16.3. The fourth-order valence-corrected chi connectivity index (χ4v) is 3.10. The first-order valence-electron chi connectivity index (χ1n) is 8.05. The van der Waals surface area contributed by atoms with Crippen LogP contribution in [0.3, 0.4) is 0 Å². The molecule has 1 unspecified atom stereocenters. The summed E-state index contributed by atoms with van der Waals surface area (Å²) in [6.07, 6.45) is 3.58. The van der Waals surface area contributed by atoms with Gasteiger partial charge in [-0.05, 0) is 44.6 Å². The van der Waals surface area contributed by atoms with Crippen LogP contribution in [0, 0.1) is 5.92 Å². The molecule has 21 heavy (non-hydrogen) atoms. The Morgan fingerprint density at radius 3 is 2.90 bits per heavy atom. The minimum atomic E-state index is 0.0651. The molecule has 1 N–H and O–H groups in total. The van der Waals surface area contributed by atoms with E-state index < -0.39 is 0 Å². The lowest BCUT2D eigenvalue weighted by atomic mass is 10.1. The third kappa shape index (κ3) is 3.64. The van der Waals surface area contributed by atoms with Crippen molar-refractivity contribution in [2.24, 2.45) is 5.92 Å². The largest absolute Gasteiger partial charge is 0.396 e. The molecule has 118 valence electrons. The van der Waals surface area contributed by atoms with Crippen LogP contribution in [0.2, 0.25) is 0 Å². The van der Waals surface area contributed by atoms with Gasteiger partial charge in [0.15, 0.2) is 0 Å².